The molecule has 0 radical (unpaired) electrons. The van der Waals surface area contributed by atoms with Crippen molar-refractivity contribution in [2.24, 2.45) is 11.7 Å². The molecule has 0 saturated carbocycles. The molecule has 2 atom stereocenters. The molecule has 1 rings (SSSR count). The SMILES string of the molecule is COc1ccc(Cl)cc1C(C)C(C)CN. The van der Waals surface area contributed by atoms with Crippen LogP contribution in [-0.2, 0) is 0 Å². The van der Waals surface area contributed by atoms with Gasteiger partial charge in [0.05, 0.1) is 7.11 Å². The number of benzene rings is 1. The molecule has 1 aromatic rings. The molecular formula is C12H18ClNO. The Morgan fingerprint density at radius 1 is 1.40 bits per heavy atom. The molecular weight excluding hydrogens is 210 g/mol. The molecule has 0 aliphatic heterocycles. The summed E-state index contributed by atoms with van der Waals surface area (Å²) in [6, 6.07) is 5.69. The molecule has 84 valence electrons. The molecule has 0 heterocycles. The van der Waals surface area contributed by atoms with Crippen molar-refractivity contribution in [1.29, 1.82) is 0 Å². The summed E-state index contributed by atoms with van der Waals surface area (Å²) in [6.45, 7) is 4.94. The normalized spacial score (nSPS) is 14.7. The van der Waals surface area contributed by atoms with E-state index in [1.54, 1.807) is 7.11 Å². The molecule has 2 unspecified atom stereocenters. The standard InChI is InChI=1S/C12H18ClNO/c1-8(7-14)9(2)11-6-10(13)4-5-12(11)15-3/h4-6,8-9H,7,14H2,1-3H3. The van der Waals surface area contributed by atoms with E-state index < -0.39 is 0 Å². The summed E-state index contributed by atoms with van der Waals surface area (Å²) in [5, 5.41) is 0.738. The fourth-order valence-electron chi connectivity index (χ4n) is 1.57. The summed E-state index contributed by atoms with van der Waals surface area (Å²) in [5.74, 6) is 1.65. The van der Waals surface area contributed by atoms with Crippen LogP contribution in [0.25, 0.3) is 0 Å². The number of halogens is 1. The topological polar surface area (TPSA) is 35.2 Å². The summed E-state index contributed by atoms with van der Waals surface area (Å²) in [5.41, 5.74) is 6.79. The Bertz CT molecular complexity index is 327. The largest absolute Gasteiger partial charge is 0.496 e. The zero-order valence-corrected chi connectivity index (χ0v) is 10.2. The van der Waals surface area contributed by atoms with Crippen LogP contribution in [0.4, 0.5) is 0 Å². The number of ether oxygens (including phenoxy) is 1. The van der Waals surface area contributed by atoms with Crippen LogP contribution in [0.1, 0.15) is 25.3 Å². The van der Waals surface area contributed by atoms with Crippen LogP contribution >= 0.6 is 11.6 Å². The van der Waals surface area contributed by atoms with Gasteiger partial charge in [-0.1, -0.05) is 25.4 Å². The highest BCUT2D eigenvalue weighted by Gasteiger charge is 2.17. The Balaban J connectivity index is 3.05. The molecule has 2 N–H and O–H groups in total. The monoisotopic (exact) mass is 227 g/mol. The first kappa shape index (κ1) is 12.3. The summed E-state index contributed by atoms with van der Waals surface area (Å²) in [4.78, 5) is 0. The maximum Gasteiger partial charge on any atom is 0.122 e. The van der Waals surface area contributed by atoms with Gasteiger partial charge in [-0.15, -0.1) is 0 Å². The fourth-order valence-corrected chi connectivity index (χ4v) is 1.75. The van der Waals surface area contributed by atoms with E-state index >= 15 is 0 Å². The van der Waals surface area contributed by atoms with Crippen LogP contribution in [0.3, 0.4) is 0 Å². The van der Waals surface area contributed by atoms with Gasteiger partial charge < -0.3 is 10.5 Å². The van der Waals surface area contributed by atoms with E-state index in [1.165, 1.54) is 0 Å². The molecule has 1 aromatic carbocycles. The zero-order valence-electron chi connectivity index (χ0n) is 9.46. The van der Waals surface area contributed by atoms with Crippen molar-refractivity contribution in [1.82, 2.24) is 0 Å². The zero-order chi connectivity index (χ0) is 11.4. The van der Waals surface area contributed by atoms with Crippen LogP contribution in [0, 0.1) is 5.92 Å². The van der Waals surface area contributed by atoms with Crippen molar-refractivity contribution in [2.75, 3.05) is 13.7 Å². The molecule has 0 amide bonds. The Labute approximate surface area is 96.4 Å². The first-order valence-corrected chi connectivity index (χ1v) is 5.51. The Kier molecular flexibility index (Phi) is 4.43. The van der Waals surface area contributed by atoms with Crippen molar-refractivity contribution >= 4 is 11.6 Å². The molecule has 0 bridgehead atoms. The Hall–Kier alpha value is -0.730. The average molecular weight is 228 g/mol. The van der Waals surface area contributed by atoms with E-state index in [2.05, 4.69) is 13.8 Å². The summed E-state index contributed by atoms with van der Waals surface area (Å²) < 4.78 is 5.32. The summed E-state index contributed by atoms with van der Waals surface area (Å²) in [6.07, 6.45) is 0. The van der Waals surface area contributed by atoms with Gasteiger partial charge in [-0.05, 0) is 42.1 Å². The highest BCUT2D eigenvalue weighted by atomic mass is 35.5. The van der Waals surface area contributed by atoms with E-state index in [1.807, 2.05) is 18.2 Å². The van der Waals surface area contributed by atoms with E-state index in [9.17, 15) is 0 Å². The van der Waals surface area contributed by atoms with Gasteiger partial charge in [0.25, 0.3) is 0 Å². The summed E-state index contributed by atoms with van der Waals surface area (Å²) in [7, 11) is 1.67. The lowest BCUT2D eigenvalue weighted by Crippen LogP contribution is -2.17. The van der Waals surface area contributed by atoms with Gasteiger partial charge in [0, 0.05) is 5.02 Å². The number of rotatable bonds is 4. The second kappa shape index (κ2) is 5.38. The fraction of sp³-hybridized carbons (Fsp3) is 0.500. The molecule has 0 saturated heterocycles. The molecule has 0 fully saturated rings. The predicted octanol–water partition coefficient (Wildman–Crippen LogP) is 3.05. The first-order valence-electron chi connectivity index (χ1n) is 5.13. The van der Waals surface area contributed by atoms with E-state index in [0.29, 0.717) is 18.4 Å². The lowest BCUT2D eigenvalue weighted by molar-refractivity contribution is 0.396. The van der Waals surface area contributed by atoms with E-state index in [4.69, 9.17) is 22.1 Å². The minimum absolute atomic E-state index is 0.351. The van der Waals surface area contributed by atoms with Crippen molar-refractivity contribution in [3.63, 3.8) is 0 Å². The lowest BCUT2D eigenvalue weighted by atomic mass is 9.88. The van der Waals surface area contributed by atoms with Crippen molar-refractivity contribution in [3.05, 3.63) is 28.8 Å². The quantitative estimate of drug-likeness (QED) is 0.858. The highest BCUT2D eigenvalue weighted by Crippen LogP contribution is 2.33. The molecule has 0 aliphatic rings. The smallest absolute Gasteiger partial charge is 0.122 e. The van der Waals surface area contributed by atoms with E-state index in [0.717, 1.165) is 16.3 Å². The van der Waals surface area contributed by atoms with Gasteiger partial charge in [0.1, 0.15) is 5.75 Å². The second-order valence-corrected chi connectivity index (χ2v) is 4.32. The van der Waals surface area contributed by atoms with Crippen LogP contribution in [0.5, 0.6) is 5.75 Å². The first-order chi connectivity index (χ1) is 7.10. The molecule has 2 nitrogen and oxygen atoms in total. The van der Waals surface area contributed by atoms with Gasteiger partial charge >= 0.3 is 0 Å². The number of hydrogen-bond acceptors (Lipinski definition) is 2. The van der Waals surface area contributed by atoms with Crippen molar-refractivity contribution in [3.8, 4) is 5.75 Å². The van der Waals surface area contributed by atoms with E-state index in [-0.39, 0.29) is 0 Å². The van der Waals surface area contributed by atoms with Gasteiger partial charge in [-0.25, -0.2) is 0 Å². The highest BCUT2D eigenvalue weighted by molar-refractivity contribution is 6.30. The Morgan fingerprint density at radius 2 is 2.07 bits per heavy atom. The maximum atomic E-state index is 5.98. The van der Waals surface area contributed by atoms with Crippen LogP contribution < -0.4 is 10.5 Å². The van der Waals surface area contributed by atoms with Gasteiger partial charge in [0.15, 0.2) is 0 Å². The van der Waals surface area contributed by atoms with Crippen molar-refractivity contribution in [2.45, 2.75) is 19.8 Å². The van der Waals surface area contributed by atoms with Gasteiger partial charge in [-0.2, -0.15) is 0 Å². The maximum absolute atomic E-state index is 5.98. The van der Waals surface area contributed by atoms with Crippen LogP contribution in [-0.4, -0.2) is 13.7 Å². The Morgan fingerprint density at radius 3 is 2.60 bits per heavy atom. The molecule has 0 aromatic heterocycles. The number of nitrogens with two attached hydrogens (primary N) is 1. The third-order valence-corrected chi connectivity index (χ3v) is 3.14. The number of methoxy groups -OCH3 is 1. The molecule has 3 heteroatoms. The van der Waals surface area contributed by atoms with Gasteiger partial charge in [0.2, 0.25) is 0 Å². The van der Waals surface area contributed by atoms with Crippen molar-refractivity contribution < 1.29 is 4.74 Å². The third-order valence-electron chi connectivity index (χ3n) is 2.91. The minimum atomic E-state index is 0.351. The summed E-state index contributed by atoms with van der Waals surface area (Å²) >= 11 is 5.98. The number of hydrogen-bond donors (Lipinski definition) is 1. The third kappa shape index (κ3) is 2.86. The predicted molar refractivity (Wildman–Crippen MR) is 64.6 cm³/mol. The average Bonchev–Trinajstić information content (AvgIpc) is 2.27. The van der Waals surface area contributed by atoms with Gasteiger partial charge in [-0.3, -0.25) is 0 Å². The molecule has 0 aliphatic carbocycles. The lowest BCUT2D eigenvalue weighted by Gasteiger charge is -2.21. The minimum Gasteiger partial charge on any atom is -0.496 e. The van der Waals surface area contributed by atoms with Crippen LogP contribution in [0.15, 0.2) is 18.2 Å². The van der Waals surface area contributed by atoms with Crippen LogP contribution in [0.2, 0.25) is 5.02 Å². The molecule has 15 heavy (non-hydrogen) atoms. The second-order valence-electron chi connectivity index (χ2n) is 3.89. The molecule has 0 spiro atoms.